The summed E-state index contributed by atoms with van der Waals surface area (Å²) in [5, 5.41) is 3.95. The van der Waals surface area contributed by atoms with Crippen molar-refractivity contribution >= 4 is 21.7 Å². The molecule has 2 heterocycles. The molecular weight excluding hydrogens is 294 g/mol. The number of carbonyl (C=O) groups is 1. The lowest BCUT2D eigenvalue weighted by Gasteiger charge is -2.30. The predicted molar refractivity (Wildman–Crippen MR) is 77.7 cm³/mol. The molecule has 1 aromatic rings. The minimum absolute atomic E-state index is 0.0225. The van der Waals surface area contributed by atoms with E-state index in [2.05, 4.69) is 5.10 Å². The summed E-state index contributed by atoms with van der Waals surface area (Å²) in [6.07, 6.45) is 1.56. The van der Waals surface area contributed by atoms with Crippen LogP contribution in [0.25, 0.3) is 0 Å². The number of hydrogen-bond acceptors (Lipinski definition) is 5. The van der Waals surface area contributed by atoms with Crippen LogP contribution in [0.3, 0.4) is 0 Å². The predicted octanol–water partition coefficient (Wildman–Crippen LogP) is -0.413. The molecule has 0 spiro atoms. The molecule has 2 rings (SSSR count). The van der Waals surface area contributed by atoms with Crippen molar-refractivity contribution in [2.45, 2.75) is 31.1 Å². The number of sulfonamides is 1. The molecule has 1 aliphatic rings. The Morgan fingerprint density at radius 3 is 2.38 bits per heavy atom. The second-order valence-corrected chi connectivity index (χ2v) is 7.32. The van der Waals surface area contributed by atoms with E-state index in [-0.39, 0.29) is 22.5 Å². The summed E-state index contributed by atoms with van der Waals surface area (Å²) in [5.41, 5.74) is 11.4. The first-order valence-corrected chi connectivity index (χ1v) is 8.25. The third-order valence-corrected chi connectivity index (χ3v) is 6.03. The second kappa shape index (κ2) is 5.64. The Kier molecular flexibility index (Phi) is 4.24. The molecule has 1 aromatic heterocycles. The van der Waals surface area contributed by atoms with Gasteiger partial charge in [-0.2, -0.15) is 9.40 Å². The van der Waals surface area contributed by atoms with E-state index in [0.717, 1.165) is 0 Å². The molecule has 0 bridgehead atoms. The van der Waals surface area contributed by atoms with Gasteiger partial charge in [0.25, 0.3) is 0 Å². The van der Waals surface area contributed by atoms with Crippen LogP contribution in [-0.2, 0) is 21.9 Å². The zero-order chi connectivity index (χ0) is 15.8. The van der Waals surface area contributed by atoms with E-state index in [9.17, 15) is 13.2 Å². The van der Waals surface area contributed by atoms with Gasteiger partial charge in [-0.25, -0.2) is 8.42 Å². The Morgan fingerprint density at radius 1 is 1.38 bits per heavy atom. The highest BCUT2D eigenvalue weighted by atomic mass is 32.2. The highest BCUT2D eigenvalue weighted by Crippen LogP contribution is 2.29. The Balaban J connectivity index is 2.17. The van der Waals surface area contributed by atoms with E-state index < -0.39 is 10.0 Å². The third kappa shape index (κ3) is 3.03. The van der Waals surface area contributed by atoms with Crippen molar-refractivity contribution in [1.82, 2.24) is 14.1 Å². The quantitative estimate of drug-likeness (QED) is 0.781. The van der Waals surface area contributed by atoms with Crippen LogP contribution in [0.2, 0.25) is 0 Å². The Bertz CT molecular complexity index is 644. The molecule has 21 heavy (non-hydrogen) atoms. The first kappa shape index (κ1) is 15.8. The second-order valence-electron chi connectivity index (χ2n) is 5.44. The Labute approximate surface area is 124 Å². The lowest BCUT2D eigenvalue weighted by atomic mass is 9.94. The van der Waals surface area contributed by atoms with E-state index in [0.29, 0.717) is 38.0 Å². The van der Waals surface area contributed by atoms with Crippen molar-refractivity contribution in [2.75, 3.05) is 18.8 Å². The lowest BCUT2D eigenvalue weighted by molar-refractivity contribution is -0.119. The van der Waals surface area contributed by atoms with Gasteiger partial charge in [0.1, 0.15) is 4.90 Å². The highest BCUT2D eigenvalue weighted by molar-refractivity contribution is 7.89. The SMILES string of the molecule is Cc1c(S(=O)(=O)N2CCC(CC(N)=O)CC2)c(N)nn1C. The number of nitrogens with two attached hydrogens (primary N) is 2. The van der Waals surface area contributed by atoms with Crippen molar-refractivity contribution in [3.05, 3.63) is 5.69 Å². The molecule has 1 amide bonds. The van der Waals surface area contributed by atoms with E-state index in [1.165, 1.54) is 8.99 Å². The van der Waals surface area contributed by atoms with Crippen LogP contribution >= 0.6 is 0 Å². The van der Waals surface area contributed by atoms with Crippen LogP contribution in [-0.4, -0.2) is 41.5 Å². The maximum atomic E-state index is 12.7. The van der Waals surface area contributed by atoms with E-state index in [1.54, 1.807) is 14.0 Å². The standard InChI is InChI=1S/C12H21N5O3S/c1-8-11(12(14)15-16(8)2)21(19,20)17-5-3-9(4-6-17)7-10(13)18/h9H,3-7H2,1-2H3,(H2,13,18)(H2,14,15). The van der Waals surface area contributed by atoms with E-state index >= 15 is 0 Å². The number of hydrogen-bond donors (Lipinski definition) is 2. The molecule has 0 unspecified atom stereocenters. The van der Waals surface area contributed by atoms with Crippen LogP contribution in [0, 0.1) is 12.8 Å². The average Bonchev–Trinajstić information content (AvgIpc) is 2.63. The number of aromatic nitrogens is 2. The molecule has 1 fully saturated rings. The van der Waals surface area contributed by atoms with Gasteiger partial charge in [0.05, 0.1) is 5.69 Å². The molecule has 4 N–H and O–H groups in total. The summed E-state index contributed by atoms with van der Waals surface area (Å²) in [7, 11) is -1.99. The number of anilines is 1. The van der Waals surface area contributed by atoms with Gasteiger partial charge < -0.3 is 11.5 Å². The number of primary amides is 1. The molecule has 0 radical (unpaired) electrons. The summed E-state index contributed by atoms with van der Waals surface area (Å²) in [5.74, 6) is -0.167. The molecular formula is C12H21N5O3S. The molecule has 0 aromatic carbocycles. The fraction of sp³-hybridized carbons (Fsp3) is 0.667. The van der Waals surface area contributed by atoms with Gasteiger partial charge in [0, 0.05) is 26.6 Å². The summed E-state index contributed by atoms with van der Waals surface area (Å²) in [6.45, 7) is 2.41. The average molecular weight is 315 g/mol. The number of carbonyl (C=O) groups excluding carboxylic acids is 1. The molecule has 0 aliphatic carbocycles. The Hall–Kier alpha value is -1.61. The first-order valence-electron chi connectivity index (χ1n) is 6.81. The normalized spacial score (nSPS) is 18.0. The van der Waals surface area contributed by atoms with Crippen molar-refractivity contribution in [3.8, 4) is 0 Å². The van der Waals surface area contributed by atoms with Crippen LogP contribution in [0.1, 0.15) is 25.0 Å². The van der Waals surface area contributed by atoms with Crippen LogP contribution in [0.5, 0.6) is 0 Å². The van der Waals surface area contributed by atoms with Gasteiger partial charge in [0.15, 0.2) is 5.82 Å². The molecule has 8 nitrogen and oxygen atoms in total. The van der Waals surface area contributed by atoms with Crippen molar-refractivity contribution in [1.29, 1.82) is 0 Å². The van der Waals surface area contributed by atoms with Gasteiger partial charge in [-0.1, -0.05) is 0 Å². The van der Waals surface area contributed by atoms with Gasteiger partial charge in [0.2, 0.25) is 15.9 Å². The van der Waals surface area contributed by atoms with Gasteiger partial charge in [-0.3, -0.25) is 9.48 Å². The maximum Gasteiger partial charge on any atom is 0.248 e. The molecule has 1 saturated heterocycles. The van der Waals surface area contributed by atoms with Crippen LogP contribution in [0.4, 0.5) is 5.82 Å². The molecule has 118 valence electrons. The number of nitrogens with zero attached hydrogens (tertiary/aromatic N) is 3. The number of aryl methyl sites for hydroxylation is 1. The summed E-state index contributed by atoms with van der Waals surface area (Å²) in [4.78, 5) is 11.0. The maximum absolute atomic E-state index is 12.7. The topological polar surface area (TPSA) is 124 Å². The van der Waals surface area contributed by atoms with Crippen LogP contribution < -0.4 is 11.5 Å². The summed E-state index contributed by atoms with van der Waals surface area (Å²) >= 11 is 0. The summed E-state index contributed by atoms with van der Waals surface area (Å²) < 4.78 is 28.2. The van der Waals surface area contributed by atoms with Crippen molar-refractivity contribution in [3.63, 3.8) is 0 Å². The molecule has 1 aliphatic heterocycles. The minimum atomic E-state index is -3.65. The number of nitrogen functional groups attached to an aromatic ring is 1. The fourth-order valence-corrected chi connectivity index (χ4v) is 4.46. The number of amides is 1. The van der Waals surface area contributed by atoms with Crippen molar-refractivity contribution < 1.29 is 13.2 Å². The smallest absolute Gasteiger partial charge is 0.248 e. The van der Waals surface area contributed by atoms with Gasteiger partial charge >= 0.3 is 0 Å². The highest BCUT2D eigenvalue weighted by Gasteiger charge is 2.34. The molecule has 0 saturated carbocycles. The zero-order valence-electron chi connectivity index (χ0n) is 12.2. The summed E-state index contributed by atoms with van der Waals surface area (Å²) in [6, 6.07) is 0. The van der Waals surface area contributed by atoms with Gasteiger partial charge in [-0.15, -0.1) is 0 Å². The monoisotopic (exact) mass is 315 g/mol. The van der Waals surface area contributed by atoms with Crippen molar-refractivity contribution in [2.24, 2.45) is 18.7 Å². The number of rotatable bonds is 4. The largest absolute Gasteiger partial charge is 0.381 e. The van der Waals surface area contributed by atoms with E-state index in [4.69, 9.17) is 11.5 Å². The minimum Gasteiger partial charge on any atom is -0.381 e. The zero-order valence-corrected chi connectivity index (χ0v) is 13.1. The Morgan fingerprint density at radius 2 is 1.95 bits per heavy atom. The number of piperidine rings is 1. The third-order valence-electron chi connectivity index (χ3n) is 3.97. The molecule has 9 heteroatoms. The molecule has 0 atom stereocenters. The lowest BCUT2D eigenvalue weighted by Crippen LogP contribution is -2.39. The van der Waals surface area contributed by atoms with E-state index in [1.807, 2.05) is 0 Å². The van der Waals surface area contributed by atoms with Crippen LogP contribution in [0.15, 0.2) is 4.90 Å². The van der Waals surface area contributed by atoms with Gasteiger partial charge in [-0.05, 0) is 25.7 Å². The first-order chi connectivity index (χ1) is 9.73. The fourth-order valence-electron chi connectivity index (χ4n) is 2.70.